The van der Waals surface area contributed by atoms with Crippen LogP contribution in [0, 0.1) is 0 Å². The molecule has 4 rings (SSSR count). The van der Waals surface area contributed by atoms with E-state index in [1.807, 2.05) is 54.1 Å². The lowest BCUT2D eigenvalue weighted by Gasteiger charge is -2.16. The first-order valence-electron chi connectivity index (χ1n) is 8.90. The predicted octanol–water partition coefficient (Wildman–Crippen LogP) is 3.13. The number of nitrogens with one attached hydrogen (secondary N) is 2. The fourth-order valence-electron chi connectivity index (χ4n) is 3.65. The summed E-state index contributed by atoms with van der Waals surface area (Å²) in [4.78, 5) is 24.9. The van der Waals surface area contributed by atoms with Crippen LogP contribution in [0.1, 0.15) is 44.7 Å². The average molecular weight is 347 g/mol. The summed E-state index contributed by atoms with van der Waals surface area (Å²) in [6.45, 7) is 0. The number of aromatic nitrogens is 1. The van der Waals surface area contributed by atoms with E-state index in [0.29, 0.717) is 11.1 Å². The molecule has 5 heteroatoms. The molecule has 1 aliphatic rings. The van der Waals surface area contributed by atoms with Gasteiger partial charge in [-0.3, -0.25) is 20.4 Å². The molecule has 0 saturated carbocycles. The minimum atomic E-state index is -0.326. The predicted molar refractivity (Wildman–Crippen MR) is 101 cm³/mol. The minimum absolute atomic E-state index is 0.299. The SMILES string of the molecule is Cn1cc(C(=O)NNC(=O)c2ccc3c(c2)CCCC3)c2ccccc21. The number of para-hydroxylation sites is 1. The zero-order chi connectivity index (χ0) is 18.1. The first-order chi connectivity index (χ1) is 12.6. The quantitative estimate of drug-likeness (QED) is 0.700. The number of hydrogen-bond donors (Lipinski definition) is 2. The lowest BCUT2D eigenvalue weighted by molar-refractivity contribution is 0.0847. The van der Waals surface area contributed by atoms with Gasteiger partial charge in [0.05, 0.1) is 5.56 Å². The molecule has 0 bridgehead atoms. The molecule has 0 aliphatic heterocycles. The summed E-state index contributed by atoms with van der Waals surface area (Å²) >= 11 is 0. The second kappa shape index (κ2) is 6.67. The third-order valence-electron chi connectivity index (χ3n) is 5.04. The lowest BCUT2D eigenvalue weighted by Crippen LogP contribution is -2.41. The number of hydrazine groups is 1. The van der Waals surface area contributed by atoms with Crippen LogP contribution in [0.3, 0.4) is 0 Å². The summed E-state index contributed by atoms with van der Waals surface area (Å²) in [5.74, 6) is -0.625. The second-order valence-corrected chi connectivity index (χ2v) is 6.77. The number of carbonyl (C=O) groups excluding carboxylic acids is 2. The van der Waals surface area contributed by atoms with Crippen molar-refractivity contribution in [1.29, 1.82) is 0 Å². The van der Waals surface area contributed by atoms with Gasteiger partial charge in [0, 0.05) is 29.7 Å². The van der Waals surface area contributed by atoms with Crippen LogP contribution in [0.2, 0.25) is 0 Å². The highest BCUT2D eigenvalue weighted by Crippen LogP contribution is 2.22. The van der Waals surface area contributed by atoms with Gasteiger partial charge in [-0.05, 0) is 55.0 Å². The summed E-state index contributed by atoms with van der Waals surface area (Å²) < 4.78 is 1.90. The molecule has 0 spiro atoms. The second-order valence-electron chi connectivity index (χ2n) is 6.77. The Kier molecular flexibility index (Phi) is 4.21. The Morgan fingerprint density at radius 1 is 0.923 bits per heavy atom. The van der Waals surface area contributed by atoms with Crippen LogP contribution in [0.5, 0.6) is 0 Å². The Hall–Kier alpha value is -3.08. The smallest absolute Gasteiger partial charge is 0.271 e. The van der Waals surface area contributed by atoms with Gasteiger partial charge in [-0.15, -0.1) is 0 Å². The monoisotopic (exact) mass is 347 g/mol. The molecule has 3 aromatic rings. The zero-order valence-corrected chi connectivity index (χ0v) is 14.7. The normalized spacial score (nSPS) is 13.3. The first kappa shape index (κ1) is 16.4. The highest BCUT2D eigenvalue weighted by Gasteiger charge is 2.16. The molecule has 26 heavy (non-hydrogen) atoms. The molecule has 2 aromatic carbocycles. The van der Waals surface area contributed by atoms with Crippen LogP contribution >= 0.6 is 0 Å². The van der Waals surface area contributed by atoms with Crippen molar-refractivity contribution in [3.05, 3.63) is 70.9 Å². The van der Waals surface area contributed by atoms with Gasteiger partial charge < -0.3 is 4.57 Å². The molecule has 1 aliphatic carbocycles. The Bertz CT molecular complexity index is 1000. The van der Waals surface area contributed by atoms with Gasteiger partial charge in [-0.25, -0.2) is 0 Å². The van der Waals surface area contributed by atoms with Crippen molar-refractivity contribution in [2.24, 2.45) is 7.05 Å². The number of nitrogens with zero attached hydrogens (tertiary/aromatic N) is 1. The summed E-state index contributed by atoms with van der Waals surface area (Å²) in [5.41, 5.74) is 9.71. The van der Waals surface area contributed by atoms with E-state index in [-0.39, 0.29) is 11.8 Å². The number of fused-ring (bicyclic) bond motifs is 2. The summed E-state index contributed by atoms with van der Waals surface area (Å²) in [5, 5.41) is 0.857. The maximum atomic E-state index is 12.5. The molecule has 0 radical (unpaired) electrons. The highest BCUT2D eigenvalue weighted by atomic mass is 16.2. The molecule has 1 heterocycles. The lowest BCUT2D eigenvalue weighted by atomic mass is 9.90. The summed E-state index contributed by atoms with van der Waals surface area (Å²) in [6, 6.07) is 13.5. The first-order valence-corrected chi connectivity index (χ1v) is 8.90. The van der Waals surface area contributed by atoms with Crippen molar-refractivity contribution in [2.45, 2.75) is 25.7 Å². The summed E-state index contributed by atoms with van der Waals surface area (Å²) in [6.07, 6.45) is 6.23. The van der Waals surface area contributed by atoms with Gasteiger partial charge in [-0.2, -0.15) is 0 Å². The topological polar surface area (TPSA) is 63.1 Å². The molecular formula is C21H21N3O2. The Morgan fingerprint density at radius 2 is 1.65 bits per heavy atom. The van der Waals surface area contributed by atoms with Crippen molar-refractivity contribution >= 4 is 22.7 Å². The molecule has 2 amide bonds. The van der Waals surface area contributed by atoms with Gasteiger partial charge in [0.1, 0.15) is 0 Å². The third kappa shape index (κ3) is 2.96. The molecular weight excluding hydrogens is 326 g/mol. The number of amides is 2. The van der Waals surface area contributed by atoms with E-state index < -0.39 is 0 Å². The van der Waals surface area contributed by atoms with Gasteiger partial charge in [0.15, 0.2) is 0 Å². The zero-order valence-electron chi connectivity index (χ0n) is 14.7. The number of carbonyl (C=O) groups is 2. The molecule has 2 N–H and O–H groups in total. The highest BCUT2D eigenvalue weighted by molar-refractivity contribution is 6.08. The van der Waals surface area contributed by atoms with E-state index in [1.165, 1.54) is 17.5 Å². The van der Waals surface area contributed by atoms with Gasteiger partial charge in [0.25, 0.3) is 11.8 Å². The molecule has 0 unspecified atom stereocenters. The van der Waals surface area contributed by atoms with Crippen LogP contribution < -0.4 is 10.9 Å². The van der Waals surface area contributed by atoms with Crippen molar-refractivity contribution in [1.82, 2.24) is 15.4 Å². The van der Waals surface area contributed by atoms with Crippen molar-refractivity contribution in [3.8, 4) is 0 Å². The molecule has 1 aromatic heterocycles. The van der Waals surface area contributed by atoms with Gasteiger partial charge in [-0.1, -0.05) is 24.3 Å². The van der Waals surface area contributed by atoms with Crippen molar-refractivity contribution in [3.63, 3.8) is 0 Å². The summed E-state index contributed by atoms with van der Waals surface area (Å²) in [7, 11) is 1.89. The fraction of sp³-hybridized carbons (Fsp3) is 0.238. The Balaban J connectivity index is 1.48. The Labute approximate surface area is 152 Å². The minimum Gasteiger partial charge on any atom is -0.350 e. The largest absolute Gasteiger partial charge is 0.350 e. The van der Waals surface area contributed by atoms with Crippen molar-refractivity contribution in [2.75, 3.05) is 0 Å². The van der Waals surface area contributed by atoms with Gasteiger partial charge >= 0.3 is 0 Å². The van der Waals surface area contributed by atoms with E-state index >= 15 is 0 Å². The van der Waals surface area contributed by atoms with E-state index in [1.54, 1.807) is 6.20 Å². The van der Waals surface area contributed by atoms with E-state index in [0.717, 1.165) is 30.2 Å². The number of benzene rings is 2. The van der Waals surface area contributed by atoms with E-state index in [9.17, 15) is 9.59 Å². The van der Waals surface area contributed by atoms with Gasteiger partial charge in [0.2, 0.25) is 0 Å². The fourth-order valence-corrected chi connectivity index (χ4v) is 3.65. The van der Waals surface area contributed by atoms with E-state index in [4.69, 9.17) is 0 Å². The molecule has 132 valence electrons. The molecule has 0 fully saturated rings. The molecule has 5 nitrogen and oxygen atoms in total. The van der Waals surface area contributed by atoms with Crippen LogP contribution in [-0.2, 0) is 19.9 Å². The number of aryl methyl sites for hydroxylation is 3. The molecule has 0 saturated heterocycles. The van der Waals surface area contributed by atoms with Crippen molar-refractivity contribution < 1.29 is 9.59 Å². The Morgan fingerprint density at radius 3 is 2.50 bits per heavy atom. The average Bonchev–Trinajstić information content (AvgIpc) is 3.02. The number of hydrogen-bond acceptors (Lipinski definition) is 2. The van der Waals surface area contributed by atoms with Crippen LogP contribution in [0.25, 0.3) is 10.9 Å². The van der Waals surface area contributed by atoms with Crippen LogP contribution in [-0.4, -0.2) is 16.4 Å². The molecule has 0 atom stereocenters. The third-order valence-corrected chi connectivity index (χ3v) is 5.04. The van der Waals surface area contributed by atoms with E-state index in [2.05, 4.69) is 10.9 Å². The maximum absolute atomic E-state index is 12.5. The number of rotatable bonds is 2. The van der Waals surface area contributed by atoms with Crippen LogP contribution in [0.15, 0.2) is 48.7 Å². The maximum Gasteiger partial charge on any atom is 0.271 e. The standard InChI is InChI=1S/C21H21N3O2/c1-24-13-18(17-8-4-5-9-19(17)24)21(26)23-22-20(25)16-11-10-14-6-2-3-7-15(14)12-16/h4-5,8-13H,2-3,6-7H2,1H3,(H,22,25)(H,23,26). The van der Waals surface area contributed by atoms with Crippen LogP contribution in [0.4, 0.5) is 0 Å².